The molecule has 0 bridgehead atoms. The Hall–Kier alpha value is -2.97. The molecule has 34 heavy (non-hydrogen) atoms. The van der Waals surface area contributed by atoms with Crippen LogP contribution in [0.4, 0.5) is 5.69 Å². The maximum absolute atomic E-state index is 13.6. The van der Waals surface area contributed by atoms with Crippen molar-refractivity contribution in [2.75, 3.05) is 43.9 Å². The van der Waals surface area contributed by atoms with Crippen LogP contribution in [0.5, 0.6) is 5.75 Å². The number of amides is 1. The Morgan fingerprint density at radius 2 is 1.62 bits per heavy atom. The van der Waals surface area contributed by atoms with E-state index in [0.29, 0.717) is 42.2 Å². The average Bonchev–Trinajstić information content (AvgIpc) is 3.14. The quantitative estimate of drug-likeness (QED) is 0.528. The molecule has 0 aliphatic carbocycles. The molecule has 1 amide bonds. The van der Waals surface area contributed by atoms with Gasteiger partial charge in [-0.1, -0.05) is 24.3 Å². The molecule has 0 saturated carbocycles. The molecule has 176 valence electrons. The van der Waals surface area contributed by atoms with E-state index in [4.69, 9.17) is 4.74 Å². The Kier molecular flexibility index (Phi) is 6.27. The zero-order chi connectivity index (χ0) is 23.7. The van der Waals surface area contributed by atoms with Gasteiger partial charge in [0.05, 0.1) is 23.0 Å². The van der Waals surface area contributed by atoms with E-state index in [2.05, 4.69) is 4.90 Å². The number of methoxy groups -OCH3 is 1. The van der Waals surface area contributed by atoms with Crippen LogP contribution in [0.1, 0.15) is 21.2 Å². The van der Waals surface area contributed by atoms with Gasteiger partial charge in [-0.25, -0.2) is 8.42 Å². The molecule has 0 aromatic heterocycles. The topological polar surface area (TPSA) is 66.9 Å². The van der Waals surface area contributed by atoms with Gasteiger partial charge in [-0.15, -0.1) is 11.8 Å². The number of carbonyl (C=O) groups excluding carboxylic acids is 1. The summed E-state index contributed by atoms with van der Waals surface area (Å²) in [5.41, 5.74) is 2.25. The minimum absolute atomic E-state index is 0.0113. The van der Waals surface area contributed by atoms with Crippen LogP contribution in [0, 0.1) is 0 Å². The third kappa shape index (κ3) is 4.40. The van der Waals surface area contributed by atoms with E-state index >= 15 is 0 Å². The monoisotopic (exact) mass is 494 g/mol. The lowest BCUT2D eigenvalue weighted by atomic mass is 10.0. The van der Waals surface area contributed by atoms with Crippen molar-refractivity contribution >= 4 is 33.2 Å². The van der Waals surface area contributed by atoms with Crippen molar-refractivity contribution in [2.45, 2.75) is 15.0 Å². The molecule has 1 fully saturated rings. The maximum atomic E-state index is 13.6. The van der Waals surface area contributed by atoms with Crippen molar-refractivity contribution < 1.29 is 17.9 Å². The maximum Gasteiger partial charge on any atom is 0.254 e. The van der Waals surface area contributed by atoms with E-state index in [9.17, 15) is 13.2 Å². The summed E-state index contributed by atoms with van der Waals surface area (Å²) in [7, 11) is -1.78. The number of fused-ring (bicyclic) bond motifs is 1. The Bertz CT molecular complexity index is 1290. The van der Waals surface area contributed by atoms with Gasteiger partial charge in [0.1, 0.15) is 5.75 Å². The number of ether oxygens (including phenoxy) is 1. The fourth-order valence-electron chi connectivity index (χ4n) is 4.59. The van der Waals surface area contributed by atoms with Gasteiger partial charge < -0.3 is 14.5 Å². The van der Waals surface area contributed by atoms with Crippen LogP contribution in [0.25, 0.3) is 0 Å². The Morgan fingerprint density at radius 1 is 0.912 bits per heavy atom. The van der Waals surface area contributed by atoms with E-state index in [1.165, 1.54) is 11.8 Å². The van der Waals surface area contributed by atoms with E-state index < -0.39 is 9.84 Å². The van der Waals surface area contributed by atoms with Gasteiger partial charge in [0, 0.05) is 42.3 Å². The van der Waals surface area contributed by atoms with Gasteiger partial charge in [-0.05, 0) is 54.1 Å². The Morgan fingerprint density at radius 3 is 2.29 bits per heavy atom. The van der Waals surface area contributed by atoms with E-state index in [0.717, 1.165) is 16.3 Å². The van der Waals surface area contributed by atoms with Crippen LogP contribution in [0.2, 0.25) is 0 Å². The number of benzene rings is 3. The lowest BCUT2D eigenvalue weighted by molar-refractivity contribution is 0.0745. The zero-order valence-corrected chi connectivity index (χ0v) is 20.5. The number of carbonyl (C=O) groups is 1. The highest BCUT2D eigenvalue weighted by Crippen LogP contribution is 2.46. The molecule has 0 N–H and O–H groups in total. The first-order valence-corrected chi connectivity index (χ1v) is 13.7. The predicted octanol–water partition coefficient (Wildman–Crippen LogP) is 4.28. The zero-order valence-electron chi connectivity index (χ0n) is 18.9. The van der Waals surface area contributed by atoms with Crippen molar-refractivity contribution in [3.63, 3.8) is 0 Å². The molecule has 3 aromatic carbocycles. The summed E-state index contributed by atoms with van der Waals surface area (Å²) >= 11 is 1.51. The highest BCUT2D eigenvalue weighted by Gasteiger charge is 2.39. The number of anilines is 1. The number of piperazine rings is 1. The molecule has 0 spiro atoms. The summed E-state index contributed by atoms with van der Waals surface area (Å²) in [4.78, 5) is 19.0. The first-order valence-electron chi connectivity index (χ1n) is 11.2. The SMILES string of the molecule is COc1ccc(N2CCN(C(=O)c3cccc4c3C(Sc3ccccc3)CS4(=O)=O)CC2)cc1. The molecule has 3 aromatic rings. The molecule has 2 aliphatic rings. The number of hydrogen-bond donors (Lipinski definition) is 0. The van der Waals surface area contributed by atoms with Crippen molar-refractivity contribution in [2.24, 2.45) is 0 Å². The minimum atomic E-state index is -3.42. The molecule has 5 rings (SSSR count). The summed E-state index contributed by atoms with van der Waals surface area (Å²) in [6, 6.07) is 22.8. The highest BCUT2D eigenvalue weighted by atomic mass is 32.2. The van der Waals surface area contributed by atoms with E-state index in [1.807, 2.05) is 59.5 Å². The second-order valence-corrected chi connectivity index (χ2v) is 11.7. The fourth-order valence-corrected chi connectivity index (χ4v) is 8.11. The third-order valence-electron chi connectivity index (χ3n) is 6.35. The average molecular weight is 495 g/mol. The molecule has 2 heterocycles. The van der Waals surface area contributed by atoms with Crippen LogP contribution in [0.15, 0.2) is 82.6 Å². The summed E-state index contributed by atoms with van der Waals surface area (Å²) in [5.74, 6) is 0.729. The molecule has 1 atom stereocenters. The summed E-state index contributed by atoms with van der Waals surface area (Å²) in [5, 5.41) is -0.303. The number of thioether (sulfide) groups is 1. The summed E-state index contributed by atoms with van der Waals surface area (Å²) < 4.78 is 31.0. The first kappa shape index (κ1) is 22.8. The van der Waals surface area contributed by atoms with Crippen LogP contribution in [-0.2, 0) is 9.84 Å². The van der Waals surface area contributed by atoms with Crippen LogP contribution >= 0.6 is 11.8 Å². The number of nitrogens with zero attached hydrogens (tertiary/aromatic N) is 2. The molecule has 1 unspecified atom stereocenters. The van der Waals surface area contributed by atoms with Crippen molar-refractivity contribution in [3.8, 4) is 5.75 Å². The largest absolute Gasteiger partial charge is 0.497 e. The lowest BCUT2D eigenvalue weighted by Gasteiger charge is -2.36. The van der Waals surface area contributed by atoms with Crippen LogP contribution < -0.4 is 9.64 Å². The third-order valence-corrected chi connectivity index (χ3v) is 9.59. The summed E-state index contributed by atoms with van der Waals surface area (Å²) in [6.07, 6.45) is 0. The van der Waals surface area contributed by atoms with Gasteiger partial charge in [0.15, 0.2) is 9.84 Å². The smallest absolute Gasteiger partial charge is 0.254 e. The molecule has 1 saturated heterocycles. The fraction of sp³-hybridized carbons (Fsp3) is 0.269. The first-order chi connectivity index (χ1) is 16.5. The molecule has 8 heteroatoms. The second-order valence-electron chi connectivity index (χ2n) is 8.40. The van der Waals surface area contributed by atoms with Crippen molar-refractivity contribution in [1.29, 1.82) is 0 Å². The van der Waals surface area contributed by atoms with Gasteiger partial charge in [-0.3, -0.25) is 4.79 Å². The number of hydrogen-bond acceptors (Lipinski definition) is 6. The molecular formula is C26H26N2O4S2. The van der Waals surface area contributed by atoms with Gasteiger partial charge in [0.2, 0.25) is 0 Å². The molecule has 6 nitrogen and oxygen atoms in total. The second kappa shape index (κ2) is 9.35. The molecular weight excluding hydrogens is 468 g/mol. The Labute approximate surface area is 204 Å². The standard InChI is InChI=1S/C26H26N2O4S2/c1-32-20-12-10-19(11-13-20)27-14-16-28(17-15-27)26(29)22-8-5-9-24-25(22)23(18-34(24,30)31)33-21-6-3-2-4-7-21/h2-13,23H,14-18H2,1H3. The summed E-state index contributed by atoms with van der Waals surface area (Å²) in [6.45, 7) is 2.59. The van der Waals surface area contributed by atoms with E-state index in [-0.39, 0.29) is 16.9 Å². The predicted molar refractivity (Wildman–Crippen MR) is 135 cm³/mol. The van der Waals surface area contributed by atoms with Crippen LogP contribution in [-0.4, -0.2) is 58.3 Å². The van der Waals surface area contributed by atoms with Gasteiger partial charge in [0.25, 0.3) is 5.91 Å². The minimum Gasteiger partial charge on any atom is -0.497 e. The van der Waals surface area contributed by atoms with Gasteiger partial charge in [-0.2, -0.15) is 0 Å². The highest BCUT2D eigenvalue weighted by molar-refractivity contribution is 8.01. The molecule has 2 aliphatic heterocycles. The number of sulfone groups is 1. The molecule has 0 radical (unpaired) electrons. The normalized spacial score (nSPS) is 19.0. The van der Waals surface area contributed by atoms with Gasteiger partial charge >= 0.3 is 0 Å². The van der Waals surface area contributed by atoms with Crippen molar-refractivity contribution in [1.82, 2.24) is 4.90 Å². The number of rotatable bonds is 5. The van der Waals surface area contributed by atoms with Crippen molar-refractivity contribution in [3.05, 3.63) is 83.9 Å². The van der Waals surface area contributed by atoms with Crippen LogP contribution in [0.3, 0.4) is 0 Å². The Balaban J connectivity index is 1.36. The van der Waals surface area contributed by atoms with E-state index in [1.54, 1.807) is 25.3 Å². The lowest BCUT2D eigenvalue weighted by Crippen LogP contribution is -2.49.